The van der Waals surface area contributed by atoms with Crippen LogP contribution in [0.2, 0.25) is 0 Å². The first kappa shape index (κ1) is 63.0. The number of nitrogens with zero attached hydrogens (tertiary/aromatic N) is 8. The number of ether oxygens (including phenoxy) is 5. The van der Waals surface area contributed by atoms with E-state index in [1.165, 1.54) is 18.3 Å². The van der Waals surface area contributed by atoms with Crippen molar-refractivity contribution in [2.45, 2.75) is 79.0 Å². The number of esters is 2. The summed E-state index contributed by atoms with van der Waals surface area (Å²) in [6, 6.07) is 37.5. The van der Waals surface area contributed by atoms with Crippen LogP contribution in [0.5, 0.6) is 12.0 Å². The van der Waals surface area contributed by atoms with Crippen LogP contribution in [0.15, 0.2) is 133 Å². The van der Waals surface area contributed by atoms with Crippen molar-refractivity contribution in [3.8, 4) is 24.2 Å². The van der Waals surface area contributed by atoms with Crippen LogP contribution in [-0.4, -0.2) is 94.7 Å². The highest BCUT2D eigenvalue weighted by Gasteiger charge is 2.21. The molecule has 0 saturated heterocycles. The zero-order valence-electron chi connectivity index (χ0n) is 46.4. The normalized spacial score (nSPS) is 11.2. The van der Waals surface area contributed by atoms with Crippen molar-refractivity contribution in [1.29, 1.82) is 10.5 Å². The molecule has 420 valence electrons. The van der Waals surface area contributed by atoms with E-state index in [9.17, 15) is 19.6 Å². The fourth-order valence-electron chi connectivity index (χ4n) is 6.50. The lowest BCUT2D eigenvalue weighted by Crippen LogP contribution is -2.28. The van der Waals surface area contributed by atoms with Crippen LogP contribution in [-0.2, 0) is 50.1 Å². The fraction of sp³-hybridized carbons (Fsp3) is 0.305. The average molecular weight is 1090 g/mol. The summed E-state index contributed by atoms with van der Waals surface area (Å²) in [5.41, 5.74) is 22.4. The lowest BCUT2D eigenvalue weighted by Gasteiger charge is -2.20. The summed E-state index contributed by atoms with van der Waals surface area (Å²) in [4.78, 5) is 56.0. The average Bonchev–Trinajstić information content (AvgIpc) is 3.43. The molecule has 21 heteroatoms. The van der Waals surface area contributed by atoms with Crippen LogP contribution >= 0.6 is 0 Å². The van der Waals surface area contributed by atoms with Crippen molar-refractivity contribution in [2.24, 2.45) is 5.73 Å². The van der Waals surface area contributed by atoms with Crippen molar-refractivity contribution in [1.82, 2.24) is 25.3 Å². The highest BCUT2D eigenvalue weighted by molar-refractivity contribution is 5.98. The van der Waals surface area contributed by atoms with E-state index < -0.39 is 29.2 Å². The molecule has 0 aliphatic rings. The minimum absolute atomic E-state index is 0.0358. The highest BCUT2D eigenvalue weighted by Crippen LogP contribution is 2.20. The van der Waals surface area contributed by atoms with Gasteiger partial charge in [-0.3, -0.25) is 0 Å². The summed E-state index contributed by atoms with van der Waals surface area (Å²) in [6.07, 6.45) is 5.57. The number of likely N-dealkylation sites (N-methyl/N-ethyl adjacent to an activating group) is 2. The minimum Gasteiger partial charge on any atom is -0.459 e. The molecular formula is C59H70N12O9. The van der Waals surface area contributed by atoms with Gasteiger partial charge in [-0.15, -0.1) is 0 Å². The number of rotatable bonds is 20. The summed E-state index contributed by atoms with van der Waals surface area (Å²) in [5, 5.41) is 30.1. The number of nitriles is 2. The molecule has 80 heavy (non-hydrogen) atoms. The Morgan fingerprint density at radius 2 is 1.01 bits per heavy atom. The quantitative estimate of drug-likeness (QED) is 0.0211. The third kappa shape index (κ3) is 23.8. The summed E-state index contributed by atoms with van der Waals surface area (Å²) >= 11 is 0. The summed E-state index contributed by atoms with van der Waals surface area (Å²) in [6.45, 7) is 13.3. The monoisotopic (exact) mass is 1090 g/mol. The number of alkyl carbamates (subject to hydrolysis) is 1. The topological polar surface area (TPSA) is 313 Å². The predicted molar refractivity (Wildman–Crippen MR) is 306 cm³/mol. The molecule has 2 aromatic heterocycles. The maximum atomic E-state index is 12.2. The molecular weight excluding hydrogens is 1020 g/mol. The number of carbonyl (C=O) groups excluding carboxylic acids is 3. The molecule has 0 saturated carbocycles. The van der Waals surface area contributed by atoms with Crippen LogP contribution in [0, 0.1) is 22.7 Å². The van der Waals surface area contributed by atoms with E-state index in [1.54, 1.807) is 72.0 Å². The highest BCUT2D eigenvalue weighted by atomic mass is 16.6. The molecule has 0 aliphatic carbocycles. The Morgan fingerprint density at radius 3 is 1.39 bits per heavy atom. The van der Waals surface area contributed by atoms with Crippen molar-refractivity contribution < 1.29 is 43.2 Å². The zero-order chi connectivity index (χ0) is 58.7. The number of nitrogens with one attached hydrogen (secondary N) is 1. The predicted octanol–water partition coefficient (Wildman–Crippen LogP) is 7.71. The molecule has 0 atom stereocenters. The van der Waals surface area contributed by atoms with E-state index in [1.807, 2.05) is 121 Å². The van der Waals surface area contributed by atoms with Gasteiger partial charge in [0.1, 0.15) is 65.9 Å². The van der Waals surface area contributed by atoms with Gasteiger partial charge in [0.25, 0.3) is 0 Å². The molecule has 0 radical (unpaired) electrons. The smallest absolute Gasteiger partial charge is 0.407 e. The number of aromatic nitrogens is 4. The second kappa shape index (κ2) is 31.6. The van der Waals surface area contributed by atoms with E-state index >= 15 is 0 Å². The second-order valence-electron chi connectivity index (χ2n) is 19.5. The first-order valence-corrected chi connectivity index (χ1v) is 25.2. The van der Waals surface area contributed by atoms with Crippen LogP contribution < -0.4 is 41.8 Å². The number of nitrogen functional groups attached to an aromatic ring is 2. The molecule has 21 nitrogen and oxygen atoms in total. The molecule has 2 heterocycles. The Labute approximate surface area is 467 Å². The summed E-state index contributed by atoms with van der Waals surface area (Å²) in [7, 11) is 3.75. The summed E-state index contributed by atoms with van der Waals surface area (Å²) in [5.74, 6) is -0.556. The van der Waals surface area contributed by atoms with Crippen molar-refractivity contribution in [3.63, 3.8) is 0 Å². The Balaban J connectivity index is 0.000000293. The lowest BCUT2D eigenvalue weighted by atomic mass is 10.1. The van der Waals surface area contributed by atoms with Gasteiger partial charge in [-0.1, -0.05) is 72.8 Å². The van der Waals surface area contributed by atoms with Gasteiger partial charge in [0, 0.05) is 57.5 Å². The molecule has 6 aromatic rings. The zero-order valence-corrected chi connectivity index (χ0v) is 46.4. The third-order valence-electron chi connectivity index (χ3n) is 10.6. The Kier molecular flexibility index (Phi) is 24.9. The Hall–Kier alpha value is -9.57. The maximum absolute atomic E-state index is 12.2. The van der Waals surface area contributed by atoms with Crippen LogP contribution in [0.3, 0.4) is 0 Å². The molecule has 0 fully saturated rings. The standard InChI is InChI=1S/C30H34N6O5.C17H22N2O3.C12H14N4O/c1-30(2,3)41-27(37)24(18-31)17-21-9-11-25(12-10-21)36(4)15-16-39-29(38)34-19-22-5-7-23(8-6-22)20-40-28-33-14-13-26(32)35-28;1-17(2,3)22-16(21)14(12-18)11-13-5-7-15(8-6-13)19(4)9-10-20;13-7-9-1-3-10(4-2-9)8-17-12-15-6-5-11(14)16-12/h5-14,17H,15-16,19-20H2,1-4H3,(H,34,38)(H2,32,33,35);5-8,11,20H,9-10H2,1-4H3;1-6H,7-8,13H2,(H2,14,15,16)/b24-17+;14-11+;. The molecule has 0 unspecified atom stereocenters. The Bertz CT molecular complexity index is 3070. The van der Waals surface area contributed by atoms with E-state index in [0.717, 1.165) is 39.2 Å². The number of amides is 1. The van der Waals surface area contributed by atoms with Crippen LogP contribution in [0.25, 0.3) is 12.2 Å². The molecule has 8 N–H and O–H groups in total. The van der Waals surface area contributed by atoms with Crippen LogP contribution in [0.4, 0.5) is 27.8 Å². The van der Waals surface area contributed by atoms with Crippen LogP contribution in [0.1, 0.15) is 74.9 Å². The Morgan fingerprint density at radius 1 is 0.613 bits per heavy atom. The third-order valence-corrected chi connectivity index (χ3v) is 10.6. The minimum atomic E-state index is -0.685. The molecule has 0 bridgehead atoms. The molecule has 1 amide bonds. The van der Waals surface area contributed by atoms with Gasteiger partial charge >= 0.3 is 30.1 Å². The van der Waals surface area contributed by atoms with Gasteiger partial charge in [-0.2, -0.15) is 20.5 Å². The second-order valence-corrected chi connectivity index (χ2v) is 19.5. The lowest BCUT2D eigenvalue weighted by molar-refractivity contribution is -0.150. The maximum Gasteiger partial charge on any atom is 0.407 e. The number of nitrogens with two attached hydrogens (primary N) is 3. The number of carbonyl (C=O) groups is 3. The van der Waals surface area contributed by atoms with E-state index in [2.05, 4.69) is 25.3 Å². The van der Waals surface area contributed by atoms with Gasteiger partial charge in [0.15, 0.2) is 0 Å². The van der Waals surface area contributed by atoms with Gasteiger partial charge in [-0.25, -0.2) is 24.4 Å². The molecule has 6 rings (SSSR count). The SMILES string of the molecule is CN(CCO)c1ccc(/C=C(\C#N)C(=O)OC(C)(C)C)cc1.CN(CCOC(=O)NCc1ccc(COc2nccc(N)n2)cc1)c1ccc(/C=C(\C#N)C(=O)OC(C)(C)C)cc1.NCc1ccc(COc2nccc(N)n2)cc1. The van der Waals surface area contributed by atoms with E-state index in [-0.39, 0.29) is 36.4 Å². The van der Waals surface area contributed by atoms with E-state index in [0.29, 0.717) is 56.6 Å². The first-order valence-electron chi connectivity index (χ1n) is 25.2. The van der Waals surface area contributed by atoms with Crippen molar-refractivity contribution in [3.05, 3.63) is 166 Å². The van der Waals surface area contributed by atoms with Gasteiger partial charge in [0.05, 0.1) is 13.2 Å². The number of anilines is 4. The van der Waals surface area contributed by atoms with E-state index in [4.69, 9.17) is 51.3 Å². The number of benzene rings is 4. The number of hydrogen-bond acceptors (Lipinski definition) is 20. The van der Waals surface area contributed by atoms with Gasteiger partial charge < -0.3 is 61.1 Å². The first-order chi connectivity index (χ1) is 38.1. The van der Waals surface area contributed by atoms with Gasteiger partial charge in [-0.05, 0) is 123 Å². The largest absolute Gasteiger partial charge is 0.459 e. The van der Waals surface area contributed by atoms with Gasteiger partial charge in [0.2, 0.25) is 0 Å². The number of hydrogen-bond donors (Lipinski definition) is 5. The van der Waals surface area contributed by atoms with Crippen molar-refractivity contribution >= 4 is 53.2 Å². The molecule has 4 aromatic carbocycles. The molecule has 0 spiro atoms. The van der Waals surface area contributed by atoms with Crippen molar-refractivity contribution in [2.75, 3.05) is 61.7 Å². The number of aliphatic hydroxyl groups is 1. The number of aliphatic hydroxyl groups excluding tert-OH is 1. The summed E-state index contributed by atoms with van der Waals surface area (Å²) < 4.78 is 26.7. The fourth-order valence-corrected chi connectivity index (χ4v) is 6.50. The molecule has 0 aliphatic heterocycles.